The lowest BCUT2D eigenvalue weighted by molar-refractivity contribution is -0.132. The van der Waals surface area contributed by atoms with Crippen molar-refractivity contribution in [2.75, 3.05) is 19.6 Å². The molecule has 14 N–H and O–H groups in total. The summed E-state index contributed by atoms with van der Waals surface area (Å²) in [6, 6.07) is 11.3. The Morgan fingerprint density at radius 2 is 1.30 bits per heavy atom. The second-order valence-corrected chi connectivity index (χ2v) is 18.0. The van der Waals surface area contributed by atoms with Gasteiger partial charge in [-0.2, -0.15) is 0 Å². The van der Waals surface area contributed by atoms with Gasteiger partial charge in [0.15, 0.2) is 11.9 Å². The first kappa shape index (κ1) is 46.3. The Bertz CT molecular complexity index is 1870. The number of guanidine groups is 2. The van der Waals surface area contributed by atoms with Gasteiger partial charge < -0.3 is 49.6 Å². The van der Waals surface area contributed by atoms with Crippen molar-refractivity contribution in [2.45, 2.75) is 135 Å². The van der Waals surface area contributed by atoms with Crippen molar-refractivity contribution in [2.24, 2.45) is 38.7 Å². The van der Waals surface area contributed by atoms with Crippen LogP contribution in [0.25, 0.3) is 10.9 Å². The van der Waals surface area contributed by atoms with Crippen LogP contribution in [0.2, 0.25) is 0 Å². The average Bonchev–Trinajstić information content (AvgIpc) is 3.48. The summed E-state index contributed by atoms with van der Waals surface area (Å²) >= 11 is 0. The van der Waals surface area contributed by atoms with Crippen LogP contribution in [0.1, 0.15) is 116 Å². The number of aromatic amines is 1. The fourth-order valence-corrected chi connectivity index (χ4v) is 6.71. The Morgan fingerprint density at radius 3 is 1.84 bits per heavy atom. The summed E-state index contributed by atoms with van der Waals surface area (Å²) in [5.74, 6) is -1.47. The minimum absolute atomic E-state index is 0.0423. The number of amides is 3. The minimum Gasteiger partial charge on any atom is -0.370 e. The quantitative estimate of drug-likeness (QED) is 0.0523. The summed E-state index contributed by atoms with van der Waals surface area (Å²) in [6.45, 7) is 20.4. The SMILES string of the molecule is CC(C)(C)c1cc(C(C)(C)C)c2[nH]c(C(C)(C)C)c(C[C@@H](NC(=O)[C@@H](N)CCCN=C(N)N)C(=O)N[C@@H](CCCN=C(N)N)C(=O)NCCc3ccccc3)c2c1. The highest BCUT2D eigenvalue weighted by molar-refractivity contribution is 5.95. The van der Waals surface area contributed by atoms with E-state index in [1.54, 1.807) is 0 Å². The molecular formula is C43H69N11O3. The number of fused-ring (bicyclic) bond motifs is 1. The van der Waals surface area contributed by atoms with E-state index in [1.807, 2.05) is 30.3 Å². The Kier molecular flexibility index (Phi) is 16.1. The minimum atomic E-state index is -1.09. The summed E-state index contributed by atoms with van der Waals surface area (Å²) in [7, 11) is 0. The van der Waals surface area contributed by atoms with Gasteiger partial charge in [-0.1, -0.05) is 98.7 Å². The van der Waals surface area contributed by atoms with Gasteiger partial charge in [-0.05, 0) is 71.3 Å². The summed E-state index contributed by atoms with van der Waals surface area (Å²) < 4.78 is 0. The molecule has 3 amide bonds. The van der Waals surface area contributed by atoms with Crippen molar-refractivity contribution in [3.63, 3.8) is 0 Å². The number of hydrogen-bond acceptors (Lipinski definition) is 6. The third-order valence-electron chi connectivity index (χ3n) is 9.92. The predicted octanol–water partition coefficient (Wildman–Crippen LogP) is 3.37. The summed E-state index contributed by atoms with van der Waals surface area (Å²) in [4.78, 5) is 53.9. The van der Waals surface area contributed by atoms with Crippen LogP contribution >= 0.6 is 0 Å². The predicted molar refractivity (Wildman–Crippen MR) is 233 cm³/mol. The molecule has 3 aromatic rings. The molecule has 0 aliphatic carbocycles. The standard InChI is InChI=1S/C43H69N11O3/c1-41(2,3)27-23-28-29(35(43(7,8)9)54-34(28)30(24-27)42(4,5)6)25-33(53-36(55)31(44)17-13-20-50-39(45)46)38(57)52-32(18-14-21-51-40(47)48)37(56)49-22-19-26-15-11-10-12-16-26/h10-12,15-16,23-24,31-33,54H,13-14,17-22,25,44H2,1-9H3,(H,49,56)(H,52,57)(H,53,55)(H4,45,46,50)(H4,47,48,51)/t31-,32-,33+/m0/s1. The summed E-state index contributed by atoms with van der Waals surface area (Å²) in [5.41, 5.74) is 33.9. The molecule has 0 saturated carbocycles. The van der Waals surface area contributed by atoms with Crippen LogP contribution in [0.4, 0.5) is 0 Å². The van der Waals surface area contributed by atoms with Crippen LogP contribution in [0.5, 0.6) is 0 Å². The van der Waals surface area contributed by atoms with Gasteiger partial charge in [-0.15, -0.1) is 0 Å². The average molecular weight is 788 g/mol. The van der Waals surface area contributed by atoms with Gasteiger partial charge in [0.2, 0.25) is 17.7 Å². The zero-order chi connectivity index (χ0) is 42.7. The lowest BCUT2D eigenvalue weighted by Crippen LogP contribution is -2.56. The molecule has 0 aliphatic heterocycles. The highest BCUT2D eigenvalue weighted by atomic mass is 16.2. The Hall–Kier alpha value is -5.11. The number of nitrogens with zero attached hydrogens (tertiary/aromatic N) is 2. The zero-order valence-corrected chi connectivity index (χ0v) is 35.6. The molecule has 57 heavy (non-hydrogen) atoms. The third-order valence-corrected chi connectivity index (χ3v) is 9.92. The fourth-order valence-electron chi connectivity index (χ4n) is 6.71. The van der Waals surface area contributed by atoms with Crippen LogP contribution < -0.4 is 44.6 Å². The Morgan fingerprint density at radius 1 is 0.719 bits per heavy atom. The number of aromatic nitrogens is 1. The number of nitrogens with two attached hydrogens (primary N) is 5. The maximum absolute atomic E-state index is 14.6. The molecule has 3 rings (SSSR count). The smallest absolute Gasteiger partial charge is 0.243 e. The number of benzene rings is 2. The number of aliphatic imine (C=N–C) groups is 2. The number of carbonyl (C=O) groups excluding carboxylic acids is 3. The van der Waals surface area contributed by atoms with Crippen LogP contribution in [-0.4, -0.2) is 72.4 Å². The van der Waals surface area contributed by atoms with E-state index in [0.29, 0.717) is 38.8 Å². The van der Waals surface area contributed by atoms with Gasteiger partial charge in [0.1, 0.15) is 12.1 Å². The summed E-state index contributed by atoms with van der Waals surface area (Å²) in [5, 5.41) is 9.91. The molecule has 0 radical (unpaired) electrons. The molecule has 0 saturated heterocycles. The van der Waals surface area contributed by atoms with E-state index < -0.39 is 29.9 Å². The molecule has 1 heterocycles. The van der Waals surface area contributed by atoms with Crippen molar-refractivity contribution in [1.29, 1.82) is 0 Å². The molecule has 0 aliphatic rings. The van der Waals surface area contributed by atoms with Gasteiger partial charge in [0.25, 0.3) is 0 Å². The van der Waals surface area contributed by atoms with E-state index in [4.69, 9.17) is 28.7 Å². The first-order chi connectivity index (χ1) is 26.5. The van der Waals surface area contributed by atoms with Crippen molar-refractivity contribution in [3.8, 4) is 0 Å². The number of carbonyl (C=O) groups is 3. The maximum Gasteiger partial charge on any atom is 0.243 e. The van der Waals surface area contributed by atoms with Gasteiger partial charge in [0, 0.05) is 48.1 Å². The molecular weight excluding hydrogens is 719 g/mol. The fraction of sp³-hybridized carbons (Fsp3) is 0.558. The van der Waals surface area contributed by atoms with Crippen LogP contribution in [-0.2, 0) is 43.5 Å². The number of rotatable bonds is 18. The number of H-pyrrole nitrogens is 1. The molecule has 1 aromatic heterocycles. The first-order valence-electron chi connectivity index (χ1n) is 20.0. The largest absolute Gasteiger partial charge is 0.370 e. The van der Waals surface area contributed by atoms with Gasteiger partial charge in [0.05, 0.1) is 6.04 Å². The van der Waals surface area contributed by atoms with Crippen LogP contribution in [0.3, 0.4) is 0 Å². The molecule has 3 atom stereocenters. The van der Waals surface area contributed by atoms with E-state index in [1.165, 1.54) is 0 Å². The van der Waals surface area contributed by atoms with E-state index in [9.17, 15) is 14.4 Å². The van der Waals surface area contributed by atoms with Gasteiger partial charge in [-0.3, -0.25) is 24.4 Å². The monoisotopic (exact) mass is 788 g/mol. The van der Waals surface area contributed by atoms with Crippen molar-refractivity contribution in [3.05, 3.63) is 70.4 Å². The number of hydrogen-bond donors (Lipinski definition) is 9. The van der Waals surface area contributed by atoms with E-state index >= 15 is 0 Å². The van der Waals surface area contributed by atoms with Crippen molar-refractivity contribution in [1.82, 2.24) is 20.9 Å². The second kappa shape index (κ2) is 19.8. The molecule has 0 bridgehead atoms. The molecule has 14 nitrogen and oxygen atoms in total. The first-order valence-corrected chi connectivity index (χ1v) is 20.0. The van der Waals surface area contributed by atoms with Crippen LogP contribution in [0.15, 0.2) is 52.4 Å². The molecule has 314 valence electrons. The molecule has 0 spiro atoms. The Labute approximate surface area is 339 Å². The lowest BCUT2D eigenvalue weighted by Gasteiger charge is -2.27. The topological polar surface area (TPSA) is 258 Å². The van der Waals surface area contributed by atoms with E-state index in [0.717, 1.165) is 38.9 Å². The molecule has 0 unspecified atom stereocenters. The third kappa shape index (κ3) is 14.1. The van der Waals surface area contributed by atoms with Gasteiger partial charge in [-0.25, -0.2) is 0 Å². The highest BCUT2D eigenvalue weighted by Gasteiger charge is 2.34. The maximum atomic E-state index is 14.6. The molecule has 14 heteroatoms. The Balaban J connectivity index is 2.09. The highest BCUT2D eigenvalue weighted by Crippen LogP contribution is 2.40. The molecule has 2 aromatic carbocycles. The normalized spacial score (nSPS) is 13.6. The summed E-state index contributed by atoms with van der Waals surface area (Å²) in [6.07, 6.45) is 2.19. The van der Waals surface area contributed by atoms with Crippen LogP contribution in [0, 0.1) is 0 Å². The lowest BCUT2D eigenvalue weighted by atomic mass is 9.78. The second-order valence-electron chi connectivity index (χ2n) is 18.0. The molecule has 0 fully saturated rings. The van der Waals surface area contributed by atoms with Crippen molar-refractivity contribution >= 4 is 40.5 Å². The van der Waals surface area contributed by atoms with E-state index in [2.05, 4.69) is 105 Å². The van der Waals surface area contributed by atoms with Crippen molar-refractivity contribution < 1.29 is 14.4 Å². The zero-order valence-electron chi connectivity index (χ0n) is 35.6. The van der Waals surface area contributed by atoms with Gasteiger partial charge >= 0.3 is 0 Å². The van der Waals surface area contributed by atoms with E-state index in [-0.39, 0.29) is 53.5 Å². The number of nitrogens with one attached hydrogen (secondary N) is 4.